The molecular weight excluding hydrogens is 494 g/mol. The summed E-state index contributed by atoms with van der Waals surface area (Å²) in [5, 5.41) is 3.22. The number of nitrogens with zero attached hydrogens (tertiary/aromatic N) is 2. The van der Waals surface area contributed by atoms with Gasteiger partial charge in [-0.2, -0.15) is 13.2 Å². The van der Waals surface area contributed by atoms with Crippen molar-refractivity contribution < 1.29 is 27.4 Å². The lowest BCUT2D eigenvalue weighted by Gasteiger charge is -2.18. The summed E-state index contributed by atoms with van der Waals surface area (Å²) in [4.78, 5) is 21.1. The lowest BCUT2D eigenvalue weighted by atomic mass is 10.1. The van der Waals surface area contributed by atoms with E-state index < -0.39 is 23.7 Å². The summed E-state index contributed by atoms with van der Waals surface area (Å²) in [7, 11) is 1.52. The van der Waals surface area contributed by atoms with Crippen LogP contribution < -0.4 is 14.8 Å². The molecule has 1 N–H and O–H groups in total. The predicted molar refractivity (Wildman–Crippen MR) is 122 cm³/mol. The molecule has 3 aromatic rings. The average Bonchev–Trinajstić information content (AvgIpc) is 2.80. The smallest absolute Gasteiger partial charge is 0.416 e. The molecule has 1 atom stereocenters. The number of carbonyl (C=O) groups excluding carboxylic acids is 1. The van der Waals surface area contributed by atoms with Gasteiger partial charge < -0.3 is 14.8 Å². The van der Waals surface area contributed by atoms with Crippen molar-refractivity contribution in [1.29, 1.82) is 0 Å². The monoisotopic (exact) mass is 513 g/mol. The molecule has 0 bridgehead atoms. The number of amides is 1. The van der Waals surface area contributed by atoms with Gasteiger partial charge in [-0.1, -0.05) is 23.7 Å². The fourth-order valence-corrected chi connectivity index (χ4v) is 3.48. The number of alkyl halides is 4. The van der Waals surface area contributed by atoms with Crippen LogP contribution in [0.1, 0.15) is 27.4 Å². The first kappa shape index (κ1) is 25.6. The van der Waals surface area contributed by atoms with E-state index in [1.165, 1.54) is 25.4 Å². The van der Waals surface area contributed by atoms with Gasteiger partial charge in [-0.15, -0.1) is 11.6 Å². The summed E-state index contributed by atoms with van der Waals surface area (Å²) in [6.45, 7) is 1.57. The van der Waals surface area contributed by atoms with Crippen molar-refractivity contribution in [2.24, 2.45) is 0 Å². The van der Waals surface area contributed by atoms with E-state index in [4.69, 9.17) is 32.7 Å². The zero-order valence-corrected chi connectivity index (χ0v) is 19.6. The summed E-state index contributed by atoms with van der Waals surface area (Å²) < 4.78 is 49.8. The van der Waals surface area contributed by atoms with Gasteiger partial charge in [0, 0.05) is 16.9 Å². The van der Waals surface area contributed by atoms with Gasteiger partial charge in [0.2, 0.25) is 0 Å². The number of nitrogens with one attached hydrogen (secondary N) is 1. The van der Waals surface area contributed by atoms with E-state index in [9.17, 15) is 18.0 Å². The lowest BCUT2D eigenvalue weighted by Crippen LogP contribution is -2.38. The quantitative estimate of drug-likeness (QED) is 0.383. The van der Waals surface area contributed by atoms with E-state index in [0.29, 0.717) is 17.2 Å². The molecule has 0 radical (unpaired) electrons. The minimum Gasteiger partial charge on any atom is -0.497 e. The highest BCUT2D eigenvalue weighted by Gasteiger charge is 2.31. The number of carbonyl (C=O) groups is 1. The van der Waals surface area contributed by atoms with Crippen molar-refractivity contribution >= 4 is 29.1 Å². The summed E-state index contributed by atoms with van der Waals surface area (Å²) >= 11 is 12.4. The van der Waals surface area contributed by atoms with Crippen LogP contribution in [0.15, 0.2) is 48.7 Å². The number of hydrogen-bond acceptors (Lipinski definition) is 5. The van der Waals surface area contributed by atoms with E-state index in [0.717, 1.165) is 17.7 Å². The van der Waals surface area contributed by atoms with Gasteiger partial charge in [0.15, 0.2) is 11.4 Å². The number of methoxy groups -OCH3 is 1. The molecule has 0 aliphatic rings. The zero-order valence-electron chi connectivity index (χ0n) is 18.1. The van der Waals surface area contributed by atoms with Crippen molar-refractivity contribution in [3.05, 3.63) is 76.3 Å². The first-order valence-electron chi connectivity index (χ1n) is 9.98. The van der Waals surface area contributed by atoms with Crippen LogP contribution >= 0.6 is 23.2 Å². The second-order valence-corrected chi connectivity index (χ2v) is 7.96. The molecule has 0 fully saturated rings. The molecule has 0 saturated carbocycles. The second kappa shape index (κ2) is 10.9. The molecule has 1 heterocycles. The predicted octanol–water partition coefficient (Wildman–Crippen LogP) is 5.84. The first-order valence-corrected chi connectivity index (χ1v) is 10.9. The largest absolute Gasteiger partial charge is 0.497 e. The maximum Gasteiger partial charge on any atom is 0.416 e. The topological polar surface area (TPSA) is 73.3 Å². The van der Waals surface area contributed by atoms with Gasteiger partial charge in [-0.3, -0.25) is 4.79 Å². The van der Waals surface area contributed by atoms with E-state index >= 15 is 0 Å². The normalized spacial score (nSPS) is 12.2. The van der Waals surface area contributed by atoms with Crippen LogP contribution in [0.2, 0.25) is 5.02 Å². The summed E-state index contributed by atoms with van der Waals surface area (Å²) in [6, 6.07) is 8.93. The zero-order chi connectivity index (χ0) is 24.9. The third kappa shape index (κ3) is 6.51. The molecule has 0 spiro atoms. The highest BCUT2D eigenvalue weighted by Crippen LogP contribution is 2.33. The van der Waals surface area contributed by atoms with Gasteiger partial charge in [0.1, 0.15) is 17.3 Å². The number of rotatable bonds is 8. The number of aryl methyl sites for hydroxylation is 1. The van der Waals surface area contributed by atoms with Gasteiger partial charge >= 0.3 is 6.18 Å². The minimum absolute atomic E-state index is 0.0714. The summed E-state index contributed by atoms with van der Waals surface area (Å²) in [5.41, 5.74) is -0.281. The molecule has 180 valence electrons. The molecule has 6 nitrogen and oxygen atoms in total. The molecule has 3 rings (SSSR count). The van der Waals surface area contributed by atoms with Crippen LogP contribution in [0.5, 0.6) is 17.2 Å². The second-order valence-electron chi connectivity index (χ2n) is 7.24. The Bertz CT molecular complexity index is 1180. The Kier molecular flexibility index (Phi) is 8.22. The van der Waals surface area contributed by atoms with Crippen molar-refractivity contribution in [2.75, 3.05) is 13.0 Å². The Morgan fingerprint density at radius 2 is 1.94 bits per heavy atom. The van der Waals surface area contributed by atoms with E-state index in [1.54, 1.807) is 25.1 Å². The van der Waals surface area contributed by atoms with Gasteiger partial charge in [-0.05, 0) is 49.2 Å². The van der Waals surface area contributed by atoms with Crippen LogP contribution in [0.3, 0.4) is 0 Å². The highest BCUT2D eigenvalue weighted by molar-refractivity contribution is 6.31. The van der Waals surface area contributed by atoms with Crippen molar-refractivity contribution in [1.82, 2.24) is 15.3 Å². The molecule has 0 unspecified atom stereocenters. The SMILES string of the molecule is COc1ccc(C[C@H](CCl)NC(=O)c2nc(C)ncc2Oc2cccc(C(F)(F)F)c2)c(Cl)c1. The minimum atomic E-state index is -4.54. The van der Waals surface area contributed by atoms with Crippen LogP contribution in [-0.4, -0.2) is 34.9 Å². The third-order valence-electron chi connectivity index (χ3n) is 4.73. The fourth-order valence-electron chi connectivity index (χ4n) is 3.04. The number of halogens is 5. The van der Waals surface area contributed by atoms with Gasteiger partial charge in [0.05, 0.1) is 18.9 Å². The van der Waals surface area contributed by atoms with Crippen molar-refractivity contribution in [3.63, 3.8) is 0 Å². The third-order valence-corrected chi connectivity index (χ3v) is 5.45. The molecule has 0 saturated heterocycles. The molecule has 11 heteroatoms. The average molecular weight is 514 g/mol. The number of hydrogen-bond donors (Lipinski definition) is 1. The van der Waals surface area contributed by atoms with Crippen LogP contribution in [-0.2, 0) is 12.6 Å². The van der Waals surface area contributed by atoms with Crippen molar-refractivity contribution in [3.8, 4) is 17.2 Å². The summed E-state index contributed by atoms with van der Waals surface area (Å²) in [6.07, 6.45) is -2.99. The van der Waals surface area contributed by atoms with Gasteiger partial charge in [-0.25, -0.2) is 9.97 Å². The Balaban J connectivity index is 1.81. The first-order chi connectivity index (χ1) is 16.1. The molecule has 1 amide bonds. The molecule has 0 aliphatic heterocycles. The van der Waals surface area contributed by atoms with Crippen molar-refractivity contribution in [2.45, 2.75) is 25.6 Å². The number of ether oxygens (including phenoxy) is 2. The number of benzene rings is 2. The highest BCUT2D eigenvalue weighted by atomic mass is 35.5. The van der Waals surface area contributed by atoms with Gasteiger partial charge in [0.25, 0.3) is 5.91 Å². The van der Waals surface area contributed by atoms with E-state index in [2.05, 4.69) is 15.3 Å². The fraction of sp³-hybridized carbons (Fsp3) is 0.261. The Morgan fingerprint density at radius 3 is 2.59 bits per heavy atom. The van der Waals surface area contributed by atoms with Crippen LogP contribution in [0.4, 0.5) is 13.2 Å². The molecular formula is C23H20Cl2F3N3O3. The standard InChI is InChI=1S/C23H20Cl2F3N3O3/c1-13-29-12-20(34-18-5-3-4-15(9-18)23(26,27)28)21(30-13)22(32)31-16(11-24)8-14-6-7-17(33-2)10-19(14)25/h3-7,9-10,12,16H,8,11H2,1-2H3,(H,31,32)/t16-/m1/s1. The Labute approximate surface area is 204 Å². The maximum absolute atomic E-state index is 13.0. The molecule has 1 aromatic heterocycles. The Hall–Kier alpha value is -3.04. The summed E-state index contributed by atoms with van der Waals surface area (Å²) in [5.74, 6) is 0.105. The van der Waals surface area contributed by atoms with Crippen LogP contribution in [0.25, 0.3) is 0 Å². The molecule has 0 aliphatic carbocycles. The lowest BCUT2D eigenvalue weighted by molar-refractivity contribution is -0.137. The maximum atomic E-state index is 13.0. The van der Waals surface area contributed by atoms with E-state index in [-0.39, 0.29) is 28.9 Å². The van der Waals surface area contributed by atoms with Crippen LogP contribution in [0, 0.1) is 6.92 Å². The molecule has 2 aromatic carbocycles. The number of aromatic nitrogens is 2. The molecule has 34 heavy (non-hydrogen) atoms. The van der Waals surface area contributed by atoms with E-state index in [1.807, 2.05) is 0 Å². The Morgan fingerprint density at radius 1 is 1.18 bits per heavy atom.